The van der Waals surface area contributed by atoms with E-state index in [0.29, 0.717) is 5.75 Å². The molecule has 0 N–H and O–H groups in total. The molecule has 102 valence electrons. The molecule has 0 saturated carbocycles. The van der Waals surface area contributed by atoms with E-state index in [1.165, 1.54) is 16.4 Å². The first kappa shape index (κ1) is 14.3. The summed E-state index contributed by atoms with van der Waals surface area (Å²) in [7, 11) is -1.77. The van der Waals surface area contributed by atoms with Crippen molar-refractivity contribution in [2.75, 3.05) is 0 Å². The summed E-state index contributed by atoms with van der Waals surface area (Å²) in [5.74, 6) is 0.144. The minimum absolute atomic E-state index is 0.429. The third kappa shape index (κ3) is 3.06. The van der Waals surface area contributed by atoms with Gasteiger partial charge in [-0.05, 0) is 12.1 Å². The van der Waals surface area contributed by atoms with Crippen LogP contribution in [0, 0.1) is 0 Å². The Bertz CT molecular complexity index is 618. The Hall–Kier alpha value is -2.13. The lowest BCUT2D eigenvalue weighted by atomic mass is 10.3. The molecule has 0 aliphatic rings. The molecule has 2 aromatic rings. The Labute approximate surface area is 120 Å². The van der Waals surface area contributed by atoms with Crippen LogP contribution in [0.2, 0.25) is 13.1 Å². The molecule has 20 heavy (non-hydrogen) atoms. The van der Waals surface area contributed by atoms with Crippen molar-refractivity contribution in [3.8, 4) is 5.75 Å². The van der Waals surface area contributed by atoms with Crippen molar-refractivity contribution in [3.63, 3.8) is 0 Å². The highest BCUT2D eigenvalue weighted by molar-refractivity contribution is 7.00. The van der Waals surface area contributed by atoms with Crippen molar-refractivity contribution < 1.29 is 9.53 Å². The molecule has 0 atom stereocenters. The smallest absolute Gasteiger partial charge is 0.335 e. The third-order valence-corrected chi connectivity index (χ3v) is 6.97. The maximum atomic E-state index is 11.3. The molecular formula is C17H18O2Si. The molecule has 0 bridgehead atoms. The van der Waals surface area contributed by atoms with E-state index in [2.05, 4.69) is 50.0 Å². The van der Waals surface area contributed by atoms with Crippen molar-refractivity contribution in [2.45, 2.75) is 13.1 Å². The molecule has 0 spiro atoms. The molecule has 2 aromatic carbocycles. The fraction of sp³-hybridized carbons (Fsp3) is 0.118. The Balaban J connectivity index is 2.35. The second-order valence-electron chi connectivity index (χ2n) is 5.14. The largest absolute Gasteiger partial charge is 0.423 e. The Morgan fingerprint density at radius 3 is 2.35 bits per heavy atom. The van der Waals surface area contributed by atoms with E-state index in [9.17, 15) is 4.79 Å². The highest BCUT2D eigenvalue weighted by atomic mass is 28.3. The van der Waals surface area contributed by atoms with Gasteiger partial charge in [-0.25, -0.2) is 4.79 Å². The topological polar surface area (TPSA) is 26.3 Å². The van der Waals surface area contributed by atoms with Gasteiger partial charge in [-0.3, -0.25) is 0 Å². The Morgan fingerprint density at radius 2 is 1.70 bits per heavy atom. The van der Waals surface area contributed by atoms with Gasteiger partial charge in [0.05, 0.1) is 0 Å². The van der Waals surface area contributed by atoms with Gasteiger partial charge in [-0.15, -0.1) is 0 Å². The van der Waals surface area contributed by atoms with Crippen molar-refractivity contribution in [1.29, 1.82) is 0 Å². The van der Waals surface area contributed by atoms with Crippen LogP contribution in [0.4, 0.5) is 0 Å². The molecular weight excluding hydrogens is 264 g/mol. The fourth-order valence-corrected chi connectivity index (χ4v) is 4.50. The summed E-state index contributed by atoms with van der Waals surface area (Å²) in [6.07, 6.45) is 1.17. The van der Waals surface area contributed by atoms with Crippen LogP contribution in [0.5, 0.6) is 5.75 Å². The minimum atomic E-state index is -1.77. The first-order valence-electron chi connectivity index (χ1n) is 6.54. The molecule has 0 saturated heterocycles. The first-order chi connectivity index (χ1) is 9.54. The van der Waals surface area contributed by atoms with Crippen LogP contribution in [-0.4, -0.2) is 14.0 Å². The molecule has 0 aliphatic carbocycles. The lowest BCUT2D eigenvalue weighted by Gasteiger charge is -2.24. The number of hydrogen-bond donors (Lipinski definition) is 0. The number of rotatable bonds is 4. The van der Waals surface area contributed by atoms with Crippen LogP contribution in [0.25, 0.3) is 0 Å². The van der Waals surface area contributed by atoms with E-state index < -0.39 is 14.0 Å². The predicted octanol–water partition coefficient (Wildman–Crippen LogP) is 2.60. The molecule has 0 aliphatic heterocycles. The molecule has 0 unspecified atom stereocenters. The molecule has 0 amide bonds. The average molecular weight is 282 g/mol. The van der Waals surface area contributed by atoms with E-state index in [-0.39, 0.29) is 0 Å². The zero-order valence-electron chi connectivity index (χ0n) is 11.8. The number of carbonyl (C=O) groups is 1. The van der Waals surface area contributed by atoms with Gasteiger partial charge in [-0.2, -0.15) is 0 Å². The summed E-state index contributed by atoms with van der Waals surface area (Å²) in [5, 5.41) is 2.59. The van der Waals surface area contributed by atoms with Crippen molar-refractivity contribution in [1.82, 2.24) is 0 Å². The highest BCUT2D eigenvalue weighted by Crippen LogP contribution is 2.12. The van der Waals surface area contributed by atoms with Crippen LogP contribution < -0.4 is 15.1 Å². The number of esters is 1. The second kappa shape index (κ2) is 5.88. The molecule has 0 heterocycles. The maximum Gasteiger partial charge on any atom is 0.335 e. The summed E-state index contributed by atoms with van der Waals surface area (Å²) < 4.78 is 5.20. The average Bonchev–Trinajstić information content (AvgIpc) is 2.48. The van der Waals surface area contributed by atoms with E-state index in [1.54, 1.807) is 6.07 Å². The summed E-state index contributed by atoms with van der Waals surface area (Å²) in [5.41, 5.74) is 0. The van der Waals surface area contributed by atoms with Gasteiger partial charge in [0.25, 0.3) is 0 Å². The monoisotopic (exact) mass is 282 g/mol. The van der Waals surface area contributed by atoms with Crippen molar-refractivity contribution in [2.24, 2.45) is 0 Å². The molecule has 2 rings (SSSR count). The van der Waals surface area contributed by atoms with Gasteiger partial charge < -0.3 is 4.74 Å². The van der Waals surface area contributed by atoms with Crippen LogP contribution in [-0.2, 0) is 4.79 Å². The van der Waals surface area contributed by atoms with Gasteiger partial charge in [0, 0.05) is 6.08 Å². The quantitative estimate of drug-likeness (QED) is 0.373. The highest BCUT2D eigenvalue weighted by Gasteiger charge is 2.26. The van der Waals surface area contributed by atoms with Crippen LogP contribution in [0.3, 0.4) is 0 Å². The zero-order chi connectivity index (χ0) is 14.6. The van der Waals surface area contributed by atoms with E-state index in [1.807, 2.05) is 18.2 Å². The van der Waals surface area contributed by atoms with Crippen molar-refractivity contribution >= 4 is 24.4 Å². The third-order valence-electron chi connectivity index (χ3n) is 3.44. The van der Waals surface area contributed by atoms with Crippen LogP contribution in [0.1, 0.15) is 0 Å². The summed E-state index contributed by atoms with van der Waals surface area (Å²) >= 11 is 0. The van der Waals surface area contributed by atoms with Gasteiger partial charge >= 0.3 is 5.97 Å². The summed E-state index contributed by atoms with van der Waals surface area (Å²) in [6.45, 7) is 7.99. The molecule has 0 radical (unpaired) electrons. The molecule has 2 nitrogen and oxygen atoms in total. The number of benzene rings is 2. The minimum Gasteiger partial charge on any atom is -0.423 e. The van der Waals surface area contributed by atoms with Gasteiger partial charge in [0.2, 0.25) is 0 Å². The fourth-order valence-electron chi connectivity index (χ4n) is 2.13. The zero-order valence-corrected chi connectivity index (χ0v) is 12.8. The van der Waals surface area contributed by atoms with Gasteiger partial charge in [0.15, 0.2) is 0 Å². The molecule has 3 heteroatoms. The Kier molecular flexibility index (Phi) is 4.20. The standard InChI is InChI=1S/C17H18O2Si/c1-4-17(18)19-14-9-8-12-16(13-14)20(2,3)15-10-6-5-7-11-15/h4-13H,1H2,2-3H3. The van der Waals surface area contributed by atoms with E-state index >= 15 is 0 Å². The lowest BCUT2D eigenvalue weighted by molar-refractivity contribution is -0.128. The predicted molar refractivity (Wildman–Crippen MR) is 85.5 cm³/mol. The molecule has 0 aromatic heterocycles. The molecule has 0 fully saturated rings. The maximum absolute atomic E-state index is 11.3. The normalized spacial score (nSPS) is 10.9. The van der Waals surface area contributed by atoms with Crippen LogP contribution in [0.15, 0.2) is 67.3 Å². The van der Waals surface area contributed by atoms with Crippen LogP contribution >= 0.6 is 0 Å². The van der Waals surface area contributed by atoms with E-state index in [4.69, 9.17) is 4.74 Å². The van der Waals surface area contributed by atoms with Crippen molar-refractivity contribution in [3.05, 3.63) is 67.3 Å². The Morgan fingerprint density at radius 1 is 1.05 bits per heavy atom. The lowest BCUT2D eigenvalue weighted by Crippen LogP contribution is -2.52. The SMILES string of the molecule is C=CC(=O)Oc1cccc([Si](C)(C)c2ccccc2)c1. The van der Waals surface area contributed by atoms with E-state index in [0.717, 1.165) is 0 Å². The summed E-state index contributed by atoms with van der Waals surface area (Å²) in [4.78, 5) is 11.3. The van der Waals surface area contributed by atoms with Gasteiger partial charge in [-0.1, -0.05) is 72.5 Å². The number of hydrogen-bond acceptors (Lipinski definition) is 2. The number of carbonyl (C=O) groups excluding carboxylic acids is 1. The summed E-state index contributed by atoms with van der Waals surface area (Å²) in [6, 6.07) is 18.3. The van der Waals surface area contributed by atoms with Gasteiger partial charge in [0.1, 0.15) is 13.8 Å². The first-order valence-corrected chi connectivity index (χ1v) is 9.54. The second-order valence-corrected chi connectivity index (χ2v) is 9.55. The number of ether oxygens (including phenoxy) is 1.